The van der Waals surface area contributed by atoms with Crippen LogP contribution in [0.1, 0.15) is 0 Å². The molecule has 0 radical (unpaired) electrons. The molecule has 122 valence electrons. The summed E-state index contributed by atoms with van der Waals surface area (Å²) in [6, 6.07) is 13.8. The van der Waals surface area contributed by atoms with Crippen LogP contribution in [0.3, 0.4) is 0 Å². The molecule has 0 heterocycles. The average molecular weight is 332 g/mol. The standard InChI is InChI=1S/C19H12F4O/c1-24-14-8-6-12(7-9-14)11-2-4-13(5-3-11)17-15(20)10-16(21)18(22)19(17)23/h2-10H,1H3. The molecule has 0 N–H and O–H groups in total. The molecule has 3 rings (SSSR count). The normalized spacial score (nSPS) is 10.7. The van der Waals surface area contributed by atoms with Crippen molar-refractivity contribution in [1.82, 2.24) is 0 Å². The van der Waals surface area contributed by atoms with Gasteiger partial charge >= 0.3 is 0 Å². The van der Waals surface area contributed by atoms with E-state index in [0.29, 0.717) is 11.8 Å². The SMILES string of the molecule is COc1ccc(-c2ccc(-c3c(F)cc(F)c(F)c3F)cc2)cc1. The van der Waals surface area contributed by atoms with Crippen molar-refractivity contribution >= 4 is 0 Å². The van der Waals surface area contributed by atoms with E-state index in [0.717, 1.165) is 11.1 Å². The van der Waals surface area contributed by atoms with E-state index in [1.807, 2.05) is 12.1 Å². The number of halogens is 4. The van der Waals surface area contributed by atoms with Gasteiger partial charge in [0.05, 0.1) is 12.7 Å². The predicted molar refractivity (Wildman–Crippen MR) is 83.7 cm³/mol. The Kier molecular flexibility index (Phi) is 4.25. The van der Waals surface area contributed by atoms with E-state index >= 15 is 0 Å². The zero-order valence-electron chi connectivity index (χ0n) is 12.6. The molecule has 0 aliphatic carbocycles. The third kappa shape index (κ3) is 2.85. The number of ether oxygens (including phenoxy) is 1. The van der Waals surface area contributed by atoms with Crippen molar-refractivity contribution in [2.75, 3.05) is 7.11 Å². The van der Waals surface area contributed by atoms with E-state index in [4.69, 9.17) is 4.74 Å². The van der Waals surface area contributed by atoms with Crippen LogP contribution in [0.25, 0.3) is 22.3 Å². The van der Waals surface area contributed by atoms with Crippen molar-refractivity contribution in [2.45, 2.75) is 0 Å². The van der Waals surface area contributed by atoms with E-state index in [2.05, 4.69) is 0 Å². The number of hydrogen-bond acceptors (Lipinski definition) is 1. The molecule has 24 heavy (non-hydrogen) atoms. The zero-order valence-corrected chi connectivity index (χ0v) is 12.6. The number of rotatable bonds is 3. The lowest BCUT2D eigenvalue weighted by molar-refractivity contribution is 0.415. The molecule has 0 atom stereocenters. The summed E-state index contributed by atoms with van der Waals surface area (Å²) in [5.74, 6) is -5.22. The highest BCUT2D eigenvalue weighted by Crippen LogP contribution is 2.31. The third-order valence-corrected chi connectivity index (χ3v) is 3.71. The first-order valence-corrected chi connectivity index (χ1v) is 7.09. The van der Waals surface area contributed by atoms with Crippen molar-refractivity contribution in [2.24, 2.45) is 0 Å². The van der Waals surface area contributed by atoms with Crippen LogP contribution in [-0.2, 0) is 0 Å². The molecule has 0 aliphatic heterocycles. The number of methoxy groups -OCH3 is 1. The summed E-state index contributed by atoms with van der Waals surface area (Å²) in [5.41, 5.74) is 1.23. The van der Waals surface area contributed by atoms with Crippen LogP contribution in [0, 0.1) is 23.3 Å². The van der Waals surface area contributed by atoms with Gasteiger partial charge in [-0.2, -0.15) is 0 Å². The molecule has 0 saturated carbocycles. The van der Waals surface area contributed by atoms with Gasteiger partial charge in [-0.3, -0.25) is 0 Å². The minimum absolute atomic E-state index is 0.126. The highest BCUT2D eigenvalue weighted by Gasteiger charge is 2.20. The summed E-state index contributed by atoms with van der Waals surface area (Å²) >= 11 is 0. The van der Waals surface area contributed by atoms with Gasteiger partial charge in [-0.1, -0.05) is 36.4 Å². The van der Waals surface area contributed by atoms with Gasteiger partial charge < -0.3 is 4.74 Å². The largest absolute Gasteiger partial charge is 0.497 e. The molecule has 0 fully saturated rings. The van der Waals surface area contributed by atoms with Crippen LogP contribution in [-0.4, -0.2) is 7.11 Å². The summed E-state index contributed by atoms with van der Waals surface area (Å²) in [7, 11) is 1.56. The lowest BCUT2D eigenvalue weighted by Crippen LogP contribution is -1.98. The lowest BCUT2D eigenvalue weighted by Gasteiger charge is -2.09. The second-order valence-electron chi connectivity index (χ2n) is 5.15. The summed E-state index contributed by atoms with van der Waals surface area (Å²) < 4.78 is 59.1. The van der Waals surface area contributed by atoms with Crippen LogP contribution in [0.2, 0.25) is 0 Å². The molecule has 1 nitrogen and oxygen atoms in total. The smallest absolute Gasteiger partial charge is 0.195 e. The van der Waals surface area contributed by atoms with Crippen LogP contribution in [0.15, 0.2) is 54.6 Å². The Morgan fingerprint density at radius 2 is 1.12 bits per heavy atom. The quantitative estimate of drug-likeness (QED) is 0.345. The van der Waals surface area contributed by atoms with Gasteiger partial charge in [-0.05, 0) is 28.8 Å². The van der Waals surface area contributed by atoms with E-state index in [1.165, 1.54) is 12.1 Å². The van der Waals surface area contributed by atoms with Crippen LogP contribution in [0.4, 0.5) is 17.6 Å². The molecule has 0 amide bonds. The first kappa shape index (κ1) is 16.1. The Morgan fingerprint density at radius 1 is 0.625 bits per heavy atom. The molecule has 3 aromatic carbocycles. The Hall–Kier alpha value is -2.82. The van der Waals surface area contributed by atoms with E-state index < -0.39 is 28.8 Å². The molecule has 0 unspecified atom stereocenters. The van der Waals surface area contributed by atoms with Gasteiger partial charge in [-0.25, -0.2) is 17.6 Å². The fourth-order valence-electron chi connectivity index (χ4n) is 2.44. The Bertz CT molecular complexity index is 871. The molecule has 5 heteroatoms. The molecular formula is C19H12F4O. The molecule has 0 spiro atoms. The third-order valence-electron chi connectivity index (χ3n) is 3.71. The monoisotopic (exact) mass is 332 g/mol. The number of hydrogen-bond donors (Lipinski definition) is 0. The fourth-order valence-corrected chi connectivity index (χ4v) is 2.44. The highest BCUT2D eigenvalue weighted by molar-refractivity contribution is 5.71. The Morgan fingerprint density at radius 3 is 1.67 bits per heavy atom. The molecule has 3 aromatic rings. The van der Waals surface area contributed by atoms with Gasteiger partial charge in [0.1, 0.15) is 11.6 Å². The maximum Gasteiger partial charge on any atom is 0.195 e. The minimum atomic E-state index is -1.69. The van der Waals surface area contributed by atoms with Crippen molar-refractivity contribution < 1.29 is 22.3 Å². The van der Waals surface area contributed by atoms with Gasteiger partial charge in [-0.15, -0.1) is 0 Å². The van der Waals surface area contributed by atoms with Crippen LogP contribution in [0.5, 0.6) is 5.75 Å². The lowest BCUT2D eigenvalue weighted by atomic mass is 9.99. The average Bonchev–Trinajstić information content (AvgIpc) is 2.60. The van der Waals surface area contributed by atoms with Gasteiger partial charge in [0.15, 0.2) is 17.5 Å². The van der Waals surface area contributed by atoms with Crippen molar-refractivity contribution in [3.63, 3.8) is 0 Å². The maximum atomic E-state index is 13.8. The molecular weight excluding hydrogens is 320 g/mol. The summed E-state index contributed by atoms with van der Waals surface area (Å²) in [6.45, 7) is 0. The first-order valence-electron chi connectivity index (χ1n) is 7.09. The molecule has 0 aliphatic rings. The van der Waals surface area contributed by atoms with E-state index in [-0.39, 0.29) is 5.56 Å². The van der Waals surface area contributed by atoms with E-state index in [9.17, 15) is 17.6 Å². The Balaban J connectivity index is 1.99. The van der Waals surface area contributed by atoms with Gasteiger partial charge in [0, 0.05) is 6.07 Å². The van der Waals surface area contributed by atoms with Crippen LogP contribution < -0.4 is 4.74 Å². The Labute approximate surface area is 136 Å². The highest BCUT2D eigenvalue weighted by atomic mass is 19.2. The topological polar surface area (TPSA) is 9.23 Å². The zero-order chi connectivity index (χ0) is 17.3. The second-order valence-corrected chi connectivity index (χ2v) is 5.15. The summed E-state index contributed by atoms with van der Waals surface area (Å²) in [4.78, 5) is 0. The first-order chi connectivity index (χ1) is 11.5. The maximum absolute atomic E-state index is 13.8. The molecule has 0 bridgehead atoms. The molecule has 0 saturated heterocycles. The summed E-state index contributed by atoms with van der Waals surface area (Å²) in [6.07, 6.45) is 0. The minimum Gasteiger partial charge on any atom is -0.497 e. The van der Waals surface area contributed by atoms with Crippen molar-refractivity contribution in [1.29, 1.82) is 0 Å². The summed E-state index contributed by atoms with van der Waals surface area (Å²) in [5, 5.41) is 0. The van der Waals surface area contributed by atoms with Crippen LogP contribution >= 0.6 is 0 Å². The van der Waals surface area contributed by atoms with Crippen molar-refractivity contribution in [3.8, 4) is 28.0 Å². The van der Waals surface area contributed by atoms with Crippen molar-refractivity contribution in [3.05, 3.63) is 77.9 Å². The van der Waals surface area contributed by atoms with Gasteiger partial charge in [0.25, 0.3) is 0 Å². The van der Waals surface area contributed by atoms with E-state index in [1.54, 1.807) is 31.4 Å². The van der Waals surface area contributed by atoms with Gasteiger partial charge in [0.2, 0.25) is 0 Å². The second kappa shape index (κ2) is 6.35. The number of benzene rings is 3. The predicted octanol–water partition coefficient (Wildman–Crippen LogP) is 5.59. The fraction of sp³-hybridized carbons (Fsp3) is 0.0526. The molecule has 0 aromatic heterocycles.